The van der Waals surface area contributed by atoms with Gasteiger partial charge in [-0.3, -0.25) is 0 Å². The van der Waals surface area contributed by atoms with E-state index in [0.29, 0.717) is 6.61 Å². The fraction of sp³-hybridized carbons (Fsp3) is 0.500. The number of benzene rings is 1. The van der Waals surface area contributed by atoms with Gasteiger partial charge in [0.2, 0.25) is 0 Å². The van der Waals surface area contributed by atoms with E-state index in [1.807, 2.05) is 45.0 Å². The van der Waals surface area contributed by atoms with Crippen molar-refractivity contribution in [3.05, 3.63) is 29.8 Å². The first kappa shape index (κ1) is 19.4. The minimum atomic E-state index is -0.507. The van der Waals surface area contributed by atoms with E-state index in [-0.39, 0.29) is 6.54 Å². The van der Waals surface area contributed by atoms with E-state index in [1.165, 1.54) is 0 Å². The predicted octanol–water partition coefficient (Wildman–Crippen LogP) is 4.12. The average molecular weight is 382 g/mol. The zero-order chi connectivity index (χ0) is 17.1. The maximum Gasteiger partial charge on any atom is 0.408 e. The number of unbranched alkanes of at least 4 members (excludes halogenated alkanes) is 1. The Balaban J connectivity index is 2.49. The number of halogens is 1. The van der Waals surface area contributed by atoms with Crippen LogP contribution in [-0.4, -0.2) is 30.2 Å². The van der Waals surface area contributed by atoms with Crippen molar-refractivity contribution in [1.29, 1.82) is 0 Å². The second-order valence-electron chi connectivity index (χ2n) is 5.90. The third-order valence-electron chi connectivity index (χ3n) is 2.62. The number of ether oxygens (including phenoxy) is 2. The van der Waals surface area contributed by atoms with Gasteiger partial charge in [0.15, 0.2) is 0 Å². The van der Waals surface area contributed by atoms with E-state index in [2.05, 4.69) is 33.1 Å². The first-order valence-corrected chi connectivity index (χ1v) is 8.78. The number of para-hydroxylation sites is 1. The number of hydrogen-bond acceptors (Lipinski definition) is 3. The monoisotopic (exact) mass is 381 g/mol. The van der Waals surface area contributed by atoms with Crippen LogP contribution in [0.25, 0.3) is 0 Å². The summed E-state index contributed by atoms with van der Waals surface area (Å²) in [7, 11) is 0. The van der Waals surface area contributed by atoms with Crippen LogP contribution in [0.2, 0.25) is 0 Å². The van der Waals surface area contributed by atoms with Crippen molar-refractivity contribution in [2.45, 2.75) is 39.2 Å². The molecule has 126 valence electrons. The number of alkyl carbamates (subject to hydrolysis) is 1. The molecule has 0 unspecified atom stereocenters. The van der Waals surface area contributed by atoms with Crippen LogP contribution in [0.5, 0.6) is 5.75 Å². The minimum Gasteiger partial charge on any atom is -0.492 e. The summed E-state index contributed by atoms with van der Waals surface area (Å²) in [6, 6.07) is 7.64. The topological polar surface area (TPSA) is 47.6 Å². The first-order chi connectivity index (χ1) is 10.9. The van der Waals surface area contributed by atoms with Gasteiger partial charge in [-0.15, -0.1) is 0 Å². The molecule has 1 aromatic carbocycles. The average Bonchev–Trinajstić information content (AvgIpc) is 2.47. The summed E-state index contributed by atoms with van der Waals surface area (Å²) in [5.74, 6) is 6.70. The second kappa shape index (κ2) is 10.2. The highest BCUT2D eigenvalue weighted by atomic mass is 79.9. The van der Waals surface area contributed by atoms with Crippen LogP contribution in [0, 0.1) is 11.8 Å². The summed E-state index contributed by atoms with van der Waals surface area (Å²) in [5.41, 5.74) is 0.310. The molecule has 1 amide bonds. The Morgan fingerprint density at radius 3 is 2.70 bits per heavy atom. The molecule has 0 saturated carbocycles. The highest BCUT2D eigenvalue weighted by Gasteiger charge is 2.15. The first-order valence-electron chi connectivity index (χ1n) is 7.66. The van der Waals surface area contributed by atoms with Crippen molar-refractivity contribution in [3.63, 3.8) is 0 Å². The van der Waals surface area contributed by atoms with E-state index in [1.54, 1.807) is 0 Å². The van der Waals surface area contributed by atoms with Crippen LogP contribution in [0.4, 0.5) is 4.79 Å². The quantitative estimate of drug-likeness (QED) is 0.458. The molecule has 0 spiro atoms. The molecule has 0 saturated heterocycles. The lowest BCUT2D eigenvalue weighted by Gasteiger charge is -2.19. The van der Waals surface area contributed by atoms with E-state index in [4.69, 9.17) is 9.47 Å². The molecule has 0 atom stereocenters. The molecule has 0 fully saturated rings. The third-order valence-corrected chi connectivity index (χ3v) is 3.18. The molecule has 5 heteroatoms. The van der Waals surface area contributed by atoms with Gasteiger partial charge >= 0.3 is 6.09 Å². The molecule has 1 N–H and O–H groups in total. The maximum absolute atomic E-state index is 11.5. The molecular weight excluding hydrogens is 358 g/mol. The van der Waals surface area contributed by atoms with Gasteiger partial charge < -0.3 is 14.8 Å². The van der Waals surface area contributed by atoms with E-state index in [0.717, 1.165) is 29.5 Å². The number of carbonyl (C=O) groups excluding carboxylic acids is 1. The third kappa shape index (κ3) is 9.14. The van der Waals surface area contributed by atoms with Crippen LogP contribution in [-0.2, 0) is 4.74 Å². The fourth-order valence-corrected chi connectivity index (χ4v) is 2.04. The Hall–Kier alpha value is -1.67. The number of alkyl halides is 1. The molecule has 1 rings (SSSR count). The molecule has 23 heavy (non-hydrogen) atoms. The largest absolute Gasteiger partial charge is 0.492 e. The minimum absolute atomic E-state index is 0.229. The van der Waals surface area contributed by atoms with Gasteiger partial charge in [0.25, 0.3) is 0 Å². The maximum atomic E-state index is 11.5. The molecular formula is C18H24BrNO3. The molecule has 0 aliphatic rings. The molecule has 0 aliphatic carbocycles. The Bertz CT molecular complexity index is 555. The van der Waals surface area contributed by atoms with Crippen LogP contribution >= 0.6 is 15.9 Å². The van der Waals surface area contributed by atoms with Gasteiger partial charge in [0.05, 0.1) is 18.7 Å². The number of carbonyl (C=O) groups is 1. The van der Waals surface area contributed by atoms with Gasteiger partial charge in [0.1, 0.15) is 11.4 Å². The van der Waals surface area contributed by atoms with Gasteiger partial charge in [-0.05, 0) is 45.7 Å². The van der Waals surface area contributed by atoms with Crippen molar-refractivity contribution in [2.75, 3.05) is 18.5 Å². The Morgan fingerprint density at radius 1 is 1.26 bits per heavy atom. The summed E-state index contributed by atoms with van der Waals surface area (Å²) in [4.78, 5) is 11.5. The van der Waals surface area contributed by atoms with Crippen molar-refractivity contribution >= 4 is 22.0 Å². The van der Waals surface area contributed by atoms with Crippen LogP contribution < -0.4 is 10.1 Å². The number of rotatable bonds is 6. The molecule has 0 bridgehead atoms. The second-order valence-corrected chi connectivity index (χ2v) is 6.69. The summed E-state index contributed by atoms with van der Waals surface area (Å²) >= 11 is 3.40. The van der Waals surface area contributed by atoms with Crippen LogP contribution in [0.1, 0.15) is 39.2 Å². The highest BCUT2D eigenvalue weighted by molar-refractivity contribution is 9.09. The Labute approximate surface area is 147 Å². The van der Waals surface area contributed by atoms with Crippen molar-refractivity contribution in [3.8, 4) is 17.6 Å². The fourth-order valence-electron chi connectivity index (χ4n) is 1.64. The standard InChI is InChI=1S/C18H24BrNO3/c1-18(2,3)23-17(21)20-13-8-10-15-9-4-5-11-16(15)22-14-7-6-12-19/h4-5,9,11H,6-7,12-14H2,1-3H3,(H,20,21). The van der Waals surface area contributed by atoms with Crippen molar-refractivity contribution in [2.24, 2.45) is 0 Å². The Morgan fingerprint density at radius 2 is 2.00 bits per heavy atom. The lowest BCUT2D eigenvalue weighted by atomic mass is 10.2. The van der Waals surface area contributed by atoms with Gasteiger partial charge in [0, 0.05) is 5.33 Å². The van der Waals surface area contributed by atoms with Gasteiger partial charge in [-0.2, -0.15) is 0 Å². The SMILES string of the molecule is CC(C)(C)OC(=O)NCC#Cc1ccccc1OCCCCBr. The molecule has 0 aliphatic heterocycles. The molecule has 0 heterocycles. The van der Waals surface area contributed by atoms with Gasteiger partial charge in [-0.1, -0.05) is 39.9 Å². The van der Waals surface area contributed by atoms with E-state index >= 15 is 0 Å². The normalized spacial score (nSPS) is 10.4. The number of amides is 1. The predicted molar refractivity (Wildman–Crippen MR) is 96.1 cm³/mol. The molecule has 1 aromatic rings. The molecule has 0 aromatic heterocycles. The summed E-state index contributed by atoms with van der Waals surface area (Å²) in [5, 5.41) is 3.59. The zero-order valence-electron chi connectivity index (χ0n) is 13.9. The zero-order valence-corrected chi connectivity index (χ0v) is 15.5. The van der Waals surface area contributed by atoms with E-state index < -0.39 is 11.7 Å². The van der Waals surface area contributed by atoms with E-state index in [9.17, 15) is 4.79 Å². The highest BCUT2D eigenvalue weighted by Crippen LogP contribution is 2.17. The Kier molecular flexibility index (Phi) is 8.57. The number of nitrogens with one attached hydrogen (secondary N) is 1. The van der Waals surface area contributed by atoms with Crippen LogP contribution in [0.15, 0.2) is 24.3 Å². The smallest absolute Gasteiger partial charge is 0.408 e. The number of hydrogen-bond donors (Lipinski definition) is 1. The molecule has 4 nitrogen and oxygen atoms in total. The molecule has 0 radical (unpaired) electrons. The summed E-state index contributed by atoms with van der Waals surface area (Å²) in [6.45, 7) is 6.36. The van der Waals surface area contributed by atoms with Crippen molar-refractivity contribution in [1.82, 2.24) is 5.32 Å². The lowest BCUT2D eigenvalue weighted by Crippen LogP contribution is -2.32. The van der Waals surface area contributed by atoms with Crippen molar-refractivity contribution < 1.29 is 14.3 Å². The van der Waals surface area contributed by atoms with Gasteiger partial charge in [-0.25, -0.2) is 4.79 Å². The summed E-state index contributed by atoms with van der Waals surface area (Å²) in [6.07, 6.45) is 1.60. The summed E-state index contributed by atoms with van der Waals surface area (Å²) < 4.78 is 10.9. The van der Waals surface area contributed by atoms with Crippen LogP contribution in [0.3, 0.4) is 0 Å². The lowest BCUT2D eigenvalue weighted by molar-refractivity contribution is 0.0535.